The van der Waals surface area contributed by atoms with Crippen molar-refractivity contribution in [3.63, 3.8) is 0 Å². The summed E-state index contributed by atoms with van der Waals surface area (Å²) in [6.07, 6.45) is 2.25. The third-order valence-electron chi connectivity index (χ3n) is 2.12. The van der Waals surface area contributed by atoms with Crippen molar-refractivity contribution in [1.29, 1.82) is 0 Å². The number of ether oxygens (including phenoxy) is 1. The molecule has 72 valence electrons. The predicted octanol–water partition coefficient (Wildman–Crippen LogP) is 2.13. The van der Waals surface area contributed by atoms with Gasteiger partial charge in [0.05, 0.1) is 12.6 Å². The van der Waals surface area contributed by atoms with Gasteiger partial charge in [0.2, 0.25) is 0 Å². The van der Waals surface area contributed by atoms with Gasteiger partial charge in [-0.2, -0.15) is 0 Å². The van der Waals surface area contributed by atoms with Crippen LogP contribution in [0, 0.1) is 5.82 Å². The van der Waals surface area contributed by atoms with Crippen molar-refractivity contribution in [2.75, 3.05) is 7.11 Å². The van der Waals surface area contributed by atoms with E-state index in [2.05, 4.69) is 4.98 Å². The van der Waals surface area contributed by atoms with Crippen molar-refractivity contribution in [1.82, 2.24) is 4.98 Å². The van der Waals surface area contributed by atoms with Crippen molar-refractivity contribution in [3.05, 3.63) is 29.7 Å². The second-order valence-corrected chi connectivity index (χ2v) is 2.87. The largest absolute Gasteiger partial charge is 0.492 e. The molecular formula is C10H8FNO2. The lowest BCUT2D eigenvalue weighted by atomic mass is 10.2. The Morgan fingerprint density at radius 1 is 1.50 bits per heavy atom. The second kappa shape index (κ2) is 3.14. The molecule has 0 saturated heterocycles. The lowest BCUT2D eigenvalue weighted by Gasteiger charge is -2.02. The van der Waals surface area contributed by atoms with Gasteiger partial charge >= 0.3 is 0 Å². The third kappa shape index (κ3) is 1.08. The third-order valence-corrected chi connectivity index (χ3v) is 2.12. The van der Waals surface area contributed by atoms with E-state index >= 15 is 0 Å². The van der Waals surface area contributed by atoms with Crippen LogP contribution in [0.15, 0.2) is 18.3 Å². The lowest BCUT2D eigenvalue weighted by Crippen LogP contribution is -1.89. The van der Waals surface area contributed by atoms with Gasteiger partial charge in [0.15, 0.2) is 17.9 Å². The molecule has 2 rings (SSSR count). The number of carbonyl (C=O) groups is 1. The van der Waals surface area contributed by atoms with E-state index in [1.807, 2.05) is 0 Å². The van der Waals surface area contributed by atoms with E-state index in [0.717, 1.165) is 6.29 Å². The van der Waals surface area contributed by atoms with Crippen molar-refractivity contribution in [3.8, 4) is 5.75 Å². The zero-order chi connectivity index (χ0) is 10.1. The Hall–Kier alpha value is -1.84. The summed E-state index contributed by atoms with van der Waals surface area (Å²) in [5, 5.41) is 0.665. The number of methoxy groups -OCH3 is 1. The molecule has 0 aliphatic rings. The smallest absolute Gasteiger partial charge is 0.178 e. The highest BCUT2D eigenvalue weighted by molar-refractivity contribution is 5.99. The van der Waals surface area contributed by atoms with Gasteiger partial charge < -0.3 is 9.72 Å². The SMILES string of the molecule is COc1c(F)ccc2c(C=O)c[nH]c12. The number of H-pyrrole nitrogens is 1. The van der Waals surface area contributed by atoms with E-state index in [0.29, 0.717) is 16.5 Å². The van der Waals surface area contributed by atoms with Gasteiger partial charge in [0.25, 0.3) is 0 Å². The standard InChI is InChI=1S/C10H8FNO2/c1-14-10-8(11)3-2-7-6(5-13)4-12-9(7)10/h2-5,12H,1H3. The average molecular weight is 193 g/mol. The number of aldehydes is 1. The molecule has 0 unspecified atom stereocenters. The summed E-state index contributed by atoms with van der Waals surface area (Å²) >= 11 is 0. The molecule has 3 nitrogen and oxygen atoms in total. The van der Waals surface area contributed by atoms with E-state index in [1.54, 1.807) is 6.07 Å². The lowest BCUT2D eigenvalue weighted by molar-refractivity contribution is 0.112. The van der Waals surface area contributed by atoms with Gasteiger partial charge in [0, 0.05) is 17.1 Å². The van der Waals surface area contributed by atoms with Crippen molar-refractivity contribution < 1.29 is 13.9 Å². The number of benzene rings is 1. The molecule has 0 aliphatic heterocycles. The van der Waals surface area contributed by atoms with Gasteiger partial charge in [-0.15, -0.1) is 0 Å². The fourth-order valence-electron chi connectivity index (χ4n) is 1.47. The number of rotatable bonds is 2. The fourth-order valence-corrected chi connectivity index (χ4v) is 1.47. The molecule has 1 aromatic carbocycles. The summed E-state index contributed by atoms with van der Waals surface area (Å²) in [5.41, 5.74) is 1.01. The van der Waals surface area contributed by atoms with Gasteiger partial charge in [-0.05, 0) is 12.1 Å². The van der Waals surface area contributed by atoms with Crippen LogP contribution in [0.2, 0.25) is 0 Å². The Morgan fingerprint density at radius 2 is 2.29 bits per heavy atom. The number of nitrogens with one attached hydrogen (secondary N) is 1. The summed E-state index contributed by atoms with van der Waals surface area (Å²) < 4.78 is 18.1. The average Bonchev–Trinajstić information content (AvgIpc) is 2.60. The van der Waals surface area contributed by atoms with E-state index in [4.69, 9.17) is 4.74 Å². The minimum atomic E-state index is -0.445. The van der Waals surface area contributed by atoms with Crippen LogP contribution in [0.3, 0.4) is 0 Å². The first-order valence-electron chi connectivity index (χ1n) is 4.06. The van der Waals surface area contributed by atoms with Crippen LogP contribution in [0.5, 0.6) is 5.75 Å². The molecule has 0 atom stereocenters. The fraction of sp³-hybridized carbons (Fsp3) is 0.100. The van der Waals surface area contributed by atoms with E-state index in [1.165, 1.54) is 19.4 Å². The minimum absolute atomic E-state index is 0.135. The van der Waals surface area contributed by atoms with Crippen molar-refractivity contribution >= 4 is 17.2 Å². The first-order valence-corrected chi connectivity index (χ1v) is 4.06. The van der Waals surface area contributed by atoms with Crippen LogP contribution >= 0.6 is 0 Å². The molecule has 1 aromatic heterocycles. The number of fused-ring (bicyclic) bond motifs is 1. The molecule has 14 heavy (non-hydrogen) atoms. The topological polar surface area (TPSA) is 42.1 Å². The number of hydrogen-bond acceptors (Lipinski definition) is 2. The van der Waals surface area contributed by atoms with E-state index in [9.17, 15) is 9.18 Å². The molecule has 0 bridgehead atoms. The van der Waals surface area contributed by atoms with Crippen LogP contribution in [-0.2, 0) is 0 Å². The predicted molar refractivity (Wildman–Crippen MR) is 50.2 cm³/mol. The molecule has 1 heterocycles. The highest BCUT2D eigenvalue weighted by Gasteiger charge is 2.11. The maximum Gasteiger partial charge on any atom is 0.178 e. The minimum Gasteiger partial charge on any atom is -0.492 e. The molecule has 4 heteroatoms. The first-order chi connectivity index (χ1) is 6.77. The summed E-state index contributed by atoms with van der Waals surface area (Å²) in [6, 6.07) is 2.83. The molecule has 1 N–H and O–H groups in total. The summed E-state index contributed by atoms with van der Waals surface area (Å²) in [5.74, 6) is -0.310. The molecule has 0 amide bonds. The van der Waals surface area contributed by atoms with Gasteiger partial charge in [-0.1, -0.05) is 0 Å². The molecule has 0 radical (unpaired) electrons. The monoisotopic (exact) mass is 193 g/mol. The highest BCUT2D eigenvalue weighted by atomic mass is 19.1. The molecule has 0 spiro atoms. The summed E-state index contributed by atoms with van der Waals surface area (Å²) in [4.78, 5) is 13.4. The maximum absolute atomic E-state index is 13.2. The number of carbonyl (C=O) groups excluding carboxylic acids is 1. The van der Waals surface area contributed by atoms with Crippen LogP contribution in [0.25, 0.3) is 10.9 Å². The number of aromatic nitrogens is 1. The number of halogens is 1. The van der Waals surface area contributed by atoms with Gasteiger partial charge in [-0.3, -0.25) is 4.79 Å². The van der Waals surface area contributed by atoms with Gasteiger partial charge in [-0.25, -0.2) is 4.39 Å². The van der Waals surface area contributed by atoms with Crippen LogP contribution in [0.4, 0.5) is 4.39 Å². The van der Waals surface area contributed by atoms with Crippen molar-refractivity contribution in [2.45, 2.75) is 0 Å². The highest BCUT2D eigenvalue weighted by Crippen LogP contribution is 2.28. The summed E-state index contributed by atoms with van der Waals surface area (Å²) in [6.45, 7) is 0. The molecule has 0 aliphatic carbocycles. The molecule has 0 saturated carbocycles. The van der Waals surface area contributed by atoms with Crippen LogP contribution in [-0.4, -0.2) is 18.4 Å². The zero-order valence-electron chi connectivity index (χ0n) is 7.50. The zero-order valence-corrected chi connectivity index (χ0v) is 7.50. The van der Waals surface area contributed by atoms with E-state index in [-0.39, 0.29) is 5.75 Å². The molecule has 2 aromatic rings. The molecule has 0 fully saturated rings. The Balaban J connectivity index is 2.83. The van der Waals surface area contributed by atoms with Crippen molar-refractivity contribution in [2.24, 2.45) is 0 Å². The Labute approximate surface area is 79.5 Å². The maximum atomic E-state index is 13.2. The first kappa shape index (κ1) is 8.74. The quantitative estimate of drug-likeness (QED) is 0.742. The summed E-state index contributed by atoms with van der Waals surface area (Å²) in [7, 11) is 1.39. The van der Waals surface area contributed by atoms with E-state index < -0.39 is 5.82 Å². The molecular weight excluding hydrogens is 185 g/mol. The van der Waals surface area contributed by atoms with Crippen LogP contribution < -0.4 is 4.74 Å². The second-order valence-electron chi connectivity index (χ2n) is 2.87. The Bertz CT molecular complexity index is 490. The normalized spacial score (nSPS) is 10.4. The number of hydrogen-bond donors (Lipinski definition) is 1. The Kier molecular flexibility index (Phi) is 1.96. The van der Waals surface area contributed by atoms with Gasteiger partial charge in [0.1, 0.15) is 0 Å². The van der Waals surface area contributed by atoms with Crippen LogP contribution in [0.1, 0.15) is 10.4 Å². The number of aromatic amines is 1. The Morgan fingerprint density at radius 3 is 2.93 bits per heavy atom.